The van der Waals surface area contributed by atoms with E-state index in [2.05, 4.69) is 13.0 Å². The van der Waals surface area contributed by atoms with Gasteiger partial charge in [-0.3, -0.25) is 0 Å². The molecule has 0 aromatic rings. The molecule has 0 aliphatic heterocycles. The van der Waals surface area contributed by atoms with Crippen LogP contribution in [0.25, 0.3) is 0 Å². The second kappa shape index (κ2) is 7.32. The van der Waals surface area contributed by atoms with Gasteiger partial charge in [0, 0.05) is 0 Å². The molecule has 0 bridgehead atoms. The van der Waals surface area contributed by atoms with Crippen molar-refractivity contribution in [3.05, 3.63) is 11.6 Å². The minimum atomic E-state index is 1.02. The van der Waals surface area contributed by atoms with E-state index in [4.69, 9.17) is 0 Å². The summed E-state index contributed by atoms with van der Waals surface area (Å²) in [6, 6.07) is 0. The van der Waals surface area contributed by atoms with Crippen molar-refractivity contribution in [2.24, 2.45) is 35.5 Å². The molecule has 130 valence electrons. The first-order valence-corrected chi connectivity index (χ1v) is 11.1. The third kappa shape index (κ3) is 3.16. The van der Waals surface area contributed by atoms with Gasteiger partial charge in [0.1, 0.15) is 0 Å². The fourth-order valence-electron chi connectivity index (χ4n) is 7.22. The Hall–Kier alpha value is -0.260. The van der Waals surface area contributed by atoms with Gasteiger partial charge < -0.3 is 0 Å². The standard InChI is InChI=1S/C23H38/c1-2-3-4-5-8-18-11-13-21-20(18)15-16-22-19-10-7-6-9-17(19)12-14-23(21)22/h12,18-23H,2-11,13-16H2,1H3/t18-,19-,20+,21+,22+,23-/m0/s1. The van der Waals surface area contributed by atoms with Gasteiger partial charge in [-0.25, -0.2) is 0 Å². The van der Waals surface area contributed by atoms with Gasteiger partial charge >= 0.3 is 0 Å². The molecule has 4 aliphatic rings. The number of fused-ring (bicyclic) bond motifs is 5. The predicted octanol–water partition coefficient (Wildman–Crippen LogP) is 7.15. The molecule has 4 rings (SSSR count). The monoisotopic (exact) mass is 314 g/mol. The van der Waals surface area contributed by atoms with Gasteiger partial charge in [-0.05, 0) is 86.9 Å². The molecule has 0 saturated heterocycles. The average molecular weight is 315 g/mol. The number of allylic oxidation sites excluding steroid dienone is 2. The Labute approximate surface area is 144 Å². The van der Waals surface area contributed by atoms with E-state index in [0.717, 1.165) is 35.5 Å². The van der Waals surface area contributed by atoms with E-state index < -0.39 is 0 Å². The SMILES string of the molecule is CCCCCC[C@H]1CC[C@H]2[C@@H]3CC=C4CCCC[C@@H]4[C@H]3CC[C@H]12. The second-order valence-electron chi connectivity index (χ2n) is 9.29. The van der Waals surface area contributed by atoms with Crippen LogP contribution in [0, 0.1) is 35.5 Å². The molecule has 0 aromatic carbocycles. The topological polar surface area (TPSA) is 0 Å². The number of rotatable bonds is 5. The molecule has 0 N–H and O–H groups in total. The van der Waals surface area contributed by atoms with E-state index in [0.29, 0.717) is 0 Å². The van der Waals surface area contributed by atoms with Gasteiger partial charge in [0.25, 0.3) is 0 Å². The Morgan fingerprint density at radius 3 is 2.61 bits per heavy atom. The maximum Gasteiger partial charge on any atom is -0.0172 e. The number of hydrogen-bond donors (Lipinski definition) is 0. The quantitative estimate of drug-likeness (QED) is 0.373. The van der Waals surface area contributed by atoms with Gasteiger partial charge in [0.15, 0.2) is 0 Å². The van der Waals surface area contributed by atoms with Crippen LogP contribution in [-0.2, 0) is 0 Å². The minimum Gasteiger partial charge on any atom is -0.0847 e. The third-order valence-electron chi connectivity index (χ3n) is 8.26. The van der Waals surface area contributed by atoms with Crippen molar-refractivity contribution in [1.82, 2.24) is 0 Å². The summed E-state index contributed by atoms with van der Waals surface area (Å²) in [6.45, 7) is 2.34. The lowest BCUT2D eigenvalue weighted by atomic mass is 9.56. The summed E-state index contributed by atoms with van der Waals surface area (Å²) >= 11 is 0. The van der Waals surface area contributed by atoms with Crippen molar-refractivity contribution in [2.45, 2.75) is 96.8 Å². The van der Waals surface area contributed by atoms with Crippen LogP contribution >= 0.6 is 0 Å². The highest BCUT2D eigenvalue weighted by Crippen LogP contribution is 2.58. The molecule has 23 heavy (non-hydrogen) atoms. The summed E-state index contributed by atoms with van der Waals surface area (Å²) in [5.41, 5.74) is 1.89. The summed E-state index contributed by atoms with van der Waals surface area (Å²) in [6.07, 6.45) is 23.9. The van der Waals surface area contributed by atoms with Crippen LogP contribution in [0.4, 0.5) is 0 Å². The van der Waals surface area contributed by atoms with E-state index in [1.165, 1.54) is 57.8 Å². The van der Waals surface area contributed by atoms with Crippen LogP contribution in [0.1, 0.15) is 96.8 Å². The van der Waals surface area contributed by atoms with Crippen LogP contribution in [0.2, 0.25) is 0 Å². The molecule has 4 aliphatic carbocycles. The second-order valence-corrected chi connectivity index (χ2v) is 9.29. The van der Waals surface area contributed by atoms with E-state index >= 15 is 0 Å². The number of unbranched alkanes of at least 4 members (excludes halogenated alkanes) is 3. The first-order chi connectivity index (χ1) is 11.4. The molecule has 0 heterocycles. The molecule has 0 aromatic heterocycles. The van der Waals surface area contributed by atoms with Gasteiger partial charge in [0.05, 0.1) is 0 Å². The largest absolute Gasteiger partial charge is 0.0847 e. The molecular weight excluding hydrogens is 276 g/mol. The molecule has 3 fully saturated rings. The zero-order valence-electron chi connectivity index (χ0n) is 15.4. The third-order valence-corrected chi connectivity index (χ3v) is 8.26. The normalized spacial score (nSPS) is 42.6. The van der Waals surface area contributed by atoms with Crippen LogP contribution in [0.3, 0.4) is 0 Å². The fourth-order valence-corrected chi connectivity index (χ4v) is 7.22. The molecule has 0 heteroatoms. The smallest absolute Gasteiger partial charge is 0.0172 e. The number of hydrogen-bond acceptors (Lipinski definition) is 0. The van der Waals surface area contributed by atoms with Crippen LogP contribution in [-0.4, -0.2) is 0 Å². The Kier molecular flexibility index (Phi) is 5.16. The van der Waals surface area contributed by atoms with Crippen LogP contribution < -0.4 is 0 Å². The van der Waals surface area contributed by atoms with Crippen molar-refractivity contribution in [1.29, 1.82) is 0 Å². The van der Waals surface area contributed by atoms with Crippen molar-refractivity contribution >= 4 is 0 Å². The van der Waals surface area contributed by atoms with Crippen molar-refractivity contribution in [3.8, 4) is 0 Å². The van der Waals surface area contributed by atoms with E-state index in [9.17, 15) is 0 Å². The lowest BCUT2D eigenvalue weighted by Gasteiger charge is -2.49. The summed E-state index contributed by atoms with van der Waals surface area (Å²) < 4.78 is 0. The Morgan fingerprint density at radius 1 is 0.826 bits per heavy atom. The maximum absolute atomic E-state index is 2.72. The van der Waals surface area contributed by atoms with Gasteiger partial charge in [-0.15, -0.1) is 0 Å². The highest BCUT2D eigenvalue weighted by atomic mass is 14.5. The van der Waals surface area contributed by atoms with Crippen molar-refractivity contribution in [3.63, 3.8) is 0 Å². The molecule has 6 atom stereocenters. The molecule has 0 radical (unpaired) electrons. The Morgan fingerprint density at radius 2 is 1.70 bits per heavy atom. The first-order valence-electron chi connectivity index (χ1n) is 11.1. The minimum absolute atomic E-state index is 1.02. The summed E-state index contributed by atoms with van der Waals surface area (Å²) in [4.78, 5) is 0. The zero-order chi connectivity index (χ0) is 15.6. The average Bonchev–Trinajstić information content (AvgIpc) is 3.02. The predicted molar refractivity (Wildman–Crippen MR) is 99.3 cm³/mol. The Bertz CT molecular complexity index is 420. The van der Waals surface area contributed by atoms with E-state index in [-0.39, 0.29) is 0 Å². The molecule has 0 nitrogen and oxygen atoms in total. The lowest BCUT2D eigenvalue weighted by molar-refractivity contribution is 0.0495. The Balaban J connectivity index is 1.39. The fraction of sp³-hybridized carbons (Fsp3) is 0.913. The summed E-state index contributed by atoms with van der Waals surface area (Å²) in [5, 5.41) is 0. The molecule has 3 saturated carbocycles. The van der Waals surface area contributed by atoms with Crippen molar-refractivity contribution in [2.75, 3.05) is 0 Å². The van der Waals surface area contributed by atoms with Crippen molar-refractivity contribution < 1.29 is 0 Å². The lowest BCUT2D eigenvalue weighted by Crippen LogP contribution is -2.40. The van der Waals surface area contributed by atoms with E-state index in [1.807, 2.05) is 5.57 Å². The van der Waals surface area contributed by atoms with Gasteiger partial charge in [0.2, 0.25) is 0 Å². The highest BCUT2D eigenvalue weighted by molar-refractivity contribution is 5.17. The summed E-state index contributed by atoms with van der Waals surface area (Å²) in [5.74, 6) is 6.54. The van der Waals surface area contributed by atoms with E-state index in [1.54, 1.807) is 32.1 Å². The van der Waals surface area contributed by atoms with Crippen LogP contribution in [0.5, 0.6) is 0 Å². The van der Waals surface area contributed by atoms with Crippen LogP contribution in [0.15, 0.2) is 11.6 Å². The first kappa shape index (κ1) is 16.2. The summed E-state index contributed by atoms with van der Waals surface area (Å²) in [7, 11) is 0. The maximum atomic E-state index is 2.72. The molecule has 0 amide bonds. The molecule has 0 unspecified atom stereocenters. The molecule has 0 spiro atoms. The van der Waals surface area contributed by atoms with Gasteiger partial charge in [-0.1, -0.05) is 57.1 Å². The zero-order valence-corrected chi connectivity index (χ0v) is 15.4. The van der Waals surface area contributed by atoms with Gasteiger partial charge in [-0.2, -0.15) is 0 Å². The molecular formula is C23H38. The highest BCUT2D eigenvalue weighted by Gasteiger charge is 2.48.